The van der Waals surface area contributed by atoms with Crippen LogP contribution in [0.3, 0.4) is 0 Å². The molecule has 1 aliphatic carbocycles. The van der Waals surface area contributed by atoms with Gasteiger partial charge < -0.3 is 19.9 Å². The van der Waals surface area contributed by atoms with Crippen molar-refractivity contribution < 1.29 is 9.53 Å². The average Bonchev–Trinajstić information content (AvgIpc) is 2.85. The van der Waals surface area contributed by atoms with Crippen molar-refractivity contribution in [2.45, 2.75) is 31.4 Å². The summed E-state index contributed by atoms with van der Waals surface area (Å²) in [7, 11) is 3.87. The lowest BCUT2D eigenvalue weighted by Crippen LogP contribution is -2.50. The van der Waals surface area contributed by atoms with Crippen molar-refractivity contribution in [3.63, 3.8) is 0 Å². The van der Waals surface area contributed by atoms with Crippen molar-refractivity contribution in [2.24, 2.45) is 0 Å². The molecule has 2 rings (SSSR count). The van der Waals surface area contributed by atoms with Crippen LogP contribution >= 0.6 is 0 Å². The molecule has 2 aliphatic rings. The summed E-state index contributed by atoms with van der Waals surface area (Å²) in [5.41, 5.74) is 0. The molecule has 2 fully saturated rings. The lowest BCUT2D eigenvalue weighted by Gasteiger charge is -2.32. The number of ether oxygens (including phenoxy) is 1. The molecule has 1 saturated heterocycles. The van der Waals surface area contributed by atoms with Crippen LogP contribution in [0.15, 0.2) is 0 Å². The minimum Gasteiger partial charge on any atom is -0.381 e. The Hall–Kier alpha value is -0.650. The first-order valence-corrected chi connectivity index (χ1v) is 6.91. The summed E-state index contributed by atoms with van der Waals surface area (Å²) in [6.07, 6.45) is 3.64. The van der Waals surface area contributed by atoms with Crippen molar-refractivity contribution in [2.75, 3.05) is 46.9 Å². The van der Waals surface area contributed by atoms with Gasteiger partial charge in [-0.2, -0.15) is 0 Å². The van der Waals surface area contributed by atoms with Gasteiger partial charge in [-0.1, -0.05) is 0 Å². The fraction of sp³-hybridized carbons (Fsp3) is 0.923. The molecule has 1 heterocycles. The van der Waals surface area contributed by atoms with Gasteiger partial charge in [0.1, 0.15) is 0 Å². The average molecular weight is 255 g/mol. The molecular formula is C13H25N3O2. The molecule has 2 atom stereocenters. The molecule has 0 aromatic heterocycles. The Morgan fingerprint density at radius 3 is 2.61 bits per heavy atom. The van der Waals surface area contributed by atoms with E-state index in [1.165, 1.54) is 0 Å². The highest BCUT2D eigenvalue weighted by molar-refractivity contribution is 5.78. The van der Waals surface area contributed by atoms with E-state index in [0.29, 0.717) is 18.7 Å². The largest absolute Gasteiger partial charge is 0.381 e. The van der Waals surface area contributed by atoms with Gasteiger partial charge in [0, 0.05) is 39.3 Å². The molecule has 1 aliphatic heterocycles. The Bertz CT molecular complexity index is 277. The topological polar surface area (TPSA) is 44.8 Å². The maximum absolute atomic E-state index is 12.0. The molecular weight excluding hydrogens is 230 g/mol. The summed E-state index contributed by atoms with van der Waals surface area (Å²) in [5, 5.41) is 3.37. The summed E-state index contributed by atoms with van der Waals surface area (Å²) in [4.78, 5) is 16.3. The Balaban J connectivity index is 1.66. The van der Waals surface area contributed by atoms with Crippen molar-refractivity contribution in [1.82, 2.24) is 15.1 Å². The van der Waals surface area contributed by atoms with Crippen LogP contribution in [-0.4, -0.2) is 74.7 Å². The van der Waals surface area contributed by atoms with Gasteiger partial charge in [0.05, 0.1) is 12.6 Å². The number of methoxy groups -OCH3 is 1. The lowest BCUT2D eigenvalue weighted by atomic mass is 10.2. The molecule has 5 nitrogen and oxygen atoms in total. The summed E-state index contributed by atoms with van der Waals surface area (Å²) in [6.45, 7) is 4.18. The zero-order valence-electron chi connectivity index (χ0n) is 11.5. The fourth-order valence-corrected chi connectivity index (χ4v) is 2.74. The number of likely N-dealkylation sites (N-methyl/N-ethyl adjacent to an activating group) is 1. The molecule has 0 bridgehead atoms. The molecule has 0 spiro atoms. The molecule has 2 unspecified atom stereocenters. The third kappa shape index (κ3) is 3.67. The smallest absolute Gasteiger partial charge is 0.236 e. The van der Waals surface area contributed by atoms with Crippen molar-refractivity contribution in [3.8, 4) is 0 Å². The maximum atomic E-state index is 12.0. The quantitative estimate of drug-likeness (QED) is 0.763. The second-order valence-corrected chi connectivity index (χ2v) is 5.43. The first-order chi connectivity index (χ1) is 8.69. The number of carbonyl (C=O) groups is 1. The Kier molecular flexibility index (Phi) is 4.97. The predicted octanol–water partition coefficient (Wildman–Crippen LogP) is -0.0825. The minimum atomic E-state index is 0.240. The highest BCUT2D eigenvalue weighted by atomic mass is 16.5. The highest BCUT2D eigenvalue weighted by Gasteiger charge is 2.25. The number of piperazine rings is 1. The van der Waals surface area contributed by atoms with E-state index >= 15 is 0 Å². The van der Waals surface area contributed by atoms with Gasteiger partial charge in [-0.05, 0) is 26.3 Å². The van der Waals surface area contributed by atoms with Crippen LogP contribution in [-0.2, 0) is 9.53 Å². The summed E-state index contributed by atoms with van der Waals surface area (Å²) in [5.74, 6) is 0.240. The van der Waals surface area contributed by atoms with Crippen LogP contribution in [0.5, 0.6) is 0 Å². The van der Waals surface area contributed by atoms with Crippen molar-refractivity contribution in [3.05, 3.63) is 0 Å². The molecule has 5 heteroatoms. The zero-order chi connectivity index (χ0) is 13.0. The van der Waals surface area contributed by atoms with E-state index in [-0.39, 0.29) is 5.91 Å². The van der Waals surface area contributed by atoms with Crippen LogP contribution in [0.25, 0.3) is 0 Å². The van der Waals surface area contributed by atoms with Crippen LogP contribution < -0.4 is 5.32 Å². The standard InChI is InChI=1S/C13H25N3O2/c1-15-5-7-16(8-6-15)13(17)10-14-11-3-4-12(9-11)18-2/h11-12,14H,3-10H2,1-2H3. The third-order valence-corrected chi connectivity index (χ3v) is 4.12. The van der Waals surface area contributed by atoms with Gasteiger partial charge in [-0.3, -0.25) is 4.79 Å². The molecule has 0 aromatic rings. The first-order valence-electron chi connectivity index (χ1n) is 6.91. The number of rotatable bonds is 4. The van der Waals surface area contributed by atoms with E-state index in [4.69, 9.17) is 4.74 Å². The van der Waals surface area contributed by atoms with Gasteiger partial charge in [0.15, 0.2) is 0 Å². The van der Waals surface area contributed by atoms with Gasteiger partial charge in [0.2, 0.25) is 5.91 Å². The van der Waals surface area contributed by atoms with E-state index in [0.717, 1.165) is 45.4 Å². The van der Waals surface area contributed by atoms with E-state index in [9.17, 15) is 4.79 Å². The SMILES string of the molecule is COC1CCC(NCC(=O)N2CCN(C)CC2)C1. The Morgan fingerprint density at radius 2 is 2.00 bits per heavy atom. The van der Waals surface area contributed by atoms with E-state index in [1.807, 2.05) is 4.90 Å². The first kappa shape index (κ1) is 13.8. The molecule has 1 saturated carbocycles. The van der Waals surface area contributed by atoms with Crippen LogP contribution in [0.4, 0.5) is 0 Å². The van der Waals surface area contributed by atoms with Crippen LogP contribution in [0.2, 0.25) is 0 Å². The summed E-state index contributed by atoms with van der Waals surface area (Å²) < 4.78 is 5.34. The van der Waals surface area contributed by atoms with Gasteiger partial charge >= 0.3 is 0 Å². The number of amides is 1. The molecule has 104 valence electrons. The number of hydrogen-bond acceptors (Lipinski definition) is 4. The number of nitrogens with one attached hydrogen (secondary N) is 1. The molecule has 1 N–H and O–H groups in total. The molecule has 0 radical (unpaired) electrons. The number of nitrogens with zero attached hydrogens (tertiary/aromatic N) is 2. The van der Waals surface area contributed by atoms with Gasteiger partial charge in [-0.15, -0.1) is 0 Å². The van der Waals surface area contributed by atoms with Crippen molar-refractivity contribution in [1.29, 1.82) is 0 Å². The van der Waals surface area contributed by atoms with Crippen LogP contribution in [0, 0.1) is 0 Å². The number of carbonyl (C=O) groups excluding carboxylic acids is 1. The second-order valence-electron chi connectivity index (χ2n) is 5.43. The maximum Gasteiger partial charge on any atom is 0.236 e. The molecule has 18 heavy (non-hydrogen) atoms. The third-order valence-electron chi connectivity index (χ3n) is 4.12. The second kappa shape index (κ2) is 6.50. The monoisotopic (exact) mass is 255 g/mol. The predicted molar refractivity (Wildman–Crippen MR) is 70.5 cm³/mol. The summed E-state index contributed by atoms with van der Waals surface area (Å²) >= 11 is 0. The lowest BCUT2D eigenvalue weighted by molar-refractivity contribution is -0.131. The molecule has 1 amide bonds. The zero-order valence-corrected chi connectivity index (χ0v) is 11.5. The Morgan fingerprint density at radius 1 is 1.28 bits per heavy atom. The van der Waals surface area contributed by atoms with Gasteiger partial charge in [0.25, 0.3) is 0 Å². The number of hydrogen-bond donors (Lipinski definition) is 1. The van der Waals surface area contributed by atoms with Gasteiger partial charge in [-0.25, -0.2) is 0 Å². The van der Waals surface area contributed by atoms with Crippen LogP contribution in [0.1, 0.15) is 19.3 Å². The van der Waals surface area contributed by atoms with E-state index < -0.39 is 0 Å². The van der Waals surface area contributed by atoms with Crippen molar-refractivity contribution >= 4 is 5.91 Å². The van der Waals surface area contributed by atoms with E-state index in [2.05, 4.69) is 17.3 Å². The fourth-order valence-electron chi connectivity index (χ4n) is 2.74. The normalized spacial score (nSPS) is 29.8. The summed E-state index contributed by atoms with van der Waals surface area (Å²) in [6, 6.07) is 0.450. The minimum absolute atomic E-state index is 0.240. The Labute approximate surface area is 109 Å². The van der Waals surface area contributed by atoms with E-state index in [1.54, 1.807) is 7.11 Å². The molecule has 0 aromatic carbocycles. The highest BCUT2D eigenvalue weighted by Crippen LogP contribution is 2.21.